The number of hydrogen-bond donors (Lipinski definition) is 22. The Morgan fingerprint density at radius 2 is 0.483 bits per heavy atom. The lowest BCUT2D eigenvalue weighted by atomic mass is 10.2. The average Bonchev–Trinajstić information content (AvgIpc) is 0.873. The molecule has 2 unspecified atom stereocenters. The van der Waals surface area contributed by atoms with Crippen LogP contribution in [0.5, 0.6) is 0 Å². The summed E-state index contributed by atoms with van der Waals surface area (Å²) in [5, 5.41) is 166. The van der Waals surface area contributed by atoms with Crippen LogP contribution in [0.3, 0.4) is 0 Å². The van der Waals surface area contributed by atoms with Gasteiger partial charge in [0.25, 0.3) is 0 Å². The second kappa shape index (κ2) is 63.4. The molecule has 3 rings (SSSR count). The minimum Gasteiger partial charge on any atom is -0.481 e. The van der Waals surface area contributed by atoms with Crippen molar-refractivity contribution in [3.63, 3.8) is 0 Å². The van der Waals surface area contributed by atoms with Gasteiger partial charge in [-0.3, -0.25) is 154 Å². The molecule has 22 N–H and O–H groups in total. The minimum atomic E-state index is -1.34. The van der Waals surface area contributed by atoms with E-state index in [2.05, 4.69) is 30.7 Å². The molecule has 0 spiro atoms. The zero-order valence-electron chi connectivity index (χ0n) is 63.3. The van der Waals surface area contributed by atoms with E-state index in [9.17, 15) is 105 Å². The van der Waals surface area contributed by atoms with E-state index in [-0.39, 0.29) is 105 Å². The molecule has 3 fully saturated rings. The number of cyclic esters (lactones) is 4. The van der Waals surface area contributed by atoms with Crippen molar-refractivity contribution < 1.29 is 207 Å². The highest BCUT2D eigenvalue weighted by Gasteiger charge is 2.30. The number of morpholine rings is 2. The fourth-order valence-electron chi connectivity index (χ4n) is 9.67. The Labute approximate surface area is 667 Å². The second-order valence-electron chi connectivity index (χ2n) is 24.8. The first-order valence-electron chi connectivity index (χ1n) is 34.5. The van der Waals surface area contributed by atoms with E-state index in [4.69, 9.17) is 91.9 Å². The van der Waals surface area contributed by atoms with Crippen LogP contribution in [-0.4, -0.2) is 520 Å². The molecule has 0 aromatic heterocycles. The standard InChI is InChI=1S/C16H28N4O8.C14H23N3O10.C10H16N2O8.C10H12N2O6.C6H12N2O4.C6H9NO6/c21-13(22)9-17-1-2-18(10-14(23)24)5-6-20(12-16(27)28)8-7-19(4-3-17)11-15(25)26;18-10(19)5-15(1-3-16(6-11(20)21)7-12(22)23)2-4-17(8-13(24)25)9-14(26)27;13-7(14)3-5(9(17)18)11-1-2-12-6(10(19)20)4-8(15)16;13-7-3-11(4-8(14)17-7)1-2-12-5-9(15)18-10(16)6-12;9-5(10)3-7-1-2-8-4-6(11)12;8-4(9)1-7(2-5(10)11)3-6(12)13/h1-12H2,(H,21,22)(H,23,24)(H,25,26)(H,27,28);1-9H2,(H,18,19)(H,20,21)(H,22,23)(H,24,25)(H,26,27);5-6,11-12H,1-4H2,(H,13,14)(H,15,16)(H,17,18)(H,19,20);1-6H2;7-8H,1-4H2,(H,9,10)(H,11,12);1-3H2,(H,8,9)(H,10,11)(H,12,13). The second-order valence-corrected chi connectivity index (χ2v) is 24.8. The molecule has 670 valence electrons. The fourth-order valence-corrected chi connectivity index (χ4v) is 9.67. The number of esters is 4. The third-order valence-corrected chi connectivity index (χ3v) is 14.6. The van der Waals surface area contributed by atoms with Gasteiger partial charge in [0.05, 0.1) is 131 Å². The van der Waals surface area contributed by atoms with Crippen molar-refractivity contribution in [3.05, 3.63) is 0 Å². The molecule has 56 heteroatoms. The van der Waals surface area contributed by atoms with Crippen LogP contribution in [0.15, 0.2) is 0 Å². The first kappa shape index (κ1) is 110. The lowest BCUT2D eigenvalue weighted by Gasteiger charge is -2.32. The van der Waals surface area contributed by atoms with Crippen molar-refractivity contribution in [2.45, 2.75) is 24.9 Å². The molecular weight excluding hydrogens is 1610 g/mol. The Balaban J connectivity index is -0.00000138. The number of aliphatic carboxylic acids is 18. The summed E-state index contributed by atoms with van der Waals surface area (Å²) in [5.74, 6) is -23.4. The van der Waals surface area contributed by atoms with Gasteiger partial charge in [0.2, 0.25) is 0 Å². The first-order chi connectivity index (χ1) is 54.9. The number of carbonyl (C=O) groups is 22. The molecule has 3 aliphatic heterocycles. The minimum absolute atomic E-state index is 0.000836. The molecule has 0 bridgehead atoms. The summed E-state index contributed by atoms with van der Waals surface area (Å²) in [5.41, 5.74) is 0. The molecule has 56 nitrogen and oxygen atoms in total. The number of ether oxygens (including phenoxy) is 2. The monoisotopic (exact) mass is 1710 g/mol. The number of rotatable bonds is 51. The summed E-state index contributed by atoms with van der Waals surface area (Å²) in [6.07, 6.45) is -1.24. The zero-order chi connectivity index (χ0) is 90.7. The van der Waals surface area contributed by atoms with Crippen molar-refractivity contribution in [3.8, 4) is 0 Å². The van der Waals surface area contributed by atoms with Crippen LogP contribution in [0.4, 0.5) is 0 Å². The van der Waals surface area contributed by atoms with E-state index in [1.165, 1.54) is 4.90 Å². The topological polar surface area (TPSA) is 839 Å². The Morgan fingerprint density at radius 1 is 0.271 bits per heavy atom. The Morgan fingerprint density at radius 3 is 0.678 bits per heavy atom. The summed E-state index contributed by atoms with van der Waals surface area (Å²) in [4.78, 5) is 249. The molecular formula is C62H100N14O42. The van der Waals surface area contributed by atoms with E-state index in [0.29, 0.717) is 78.5 Å². The number of carbonyl (C=O) groups excluding carboxylic acids is 4. The van der Waals surface area contributed by atoms with E-state index >= 15 is 0 Å². The third-order valence-electron chi connectivity index (χ3n) is 14.6. The maximum absolute atomic E-state index is 11.1. The van der Waals surface area contributed by atoms with Gasteiger partial charge in [-0.2, -0.15) is 0 Å². The summed E-state index contributed by atoms with van der Waals surface area (Å²) >= 11 is 0. The van der Waals surface area contributed by atoms with Crippen molar-refractivity contribution in [2.75, 3.05) is 236 Å². The van der Waals surface area contributed by atoms with E-state index in [0.717, 1.165) is 14.7 Å². The van der Waals surface area contributed by atoms with Crippen LogP contribution in [0.2, 0.25) is 0 Å². The summed E-state index contributed by atoms with van der Waals surface area (Å²) in [7, 11) is 0. The number of carboxylic acid groups (broad SMARTS) is 18. The van der Waals surface area contributed by atoms with Gasteiger partial charge in [0.15, 0.2) is 0 Å². The van der Waals surface area contributed by atoms with Gasteiger partial charge in [-0.15, -0.1) is 0 Å². The van der Waals surface area contributed by atoms with Crippen molar-refractivity contribution in [1.82, 2.24) is 70.3 Å². The van der Waals surface area contributed by atoms with Gasteiger partial charge < -0.3 is 123 Å². The SMILES string of the molecule is O=C(O)CC(NCCNC(CC(=O)O)C(=O)O)C(=O)O.O=C(O)CN(CC(=O)O)CC(=O)O.O=C(O)CN(CCN(CC(=O)O)CC(=O)O)CCN(CC(=O)O)CC(=O)O.O=C(O)CN1CCN(CC(=O)O)CCN(CC(=O)O)CCN(CC(=O)O)CC1.O=C(O)CNCCNCC(=O)O.O=C1CN(CCN2CC(=O)OC(=O)C2)CC(=O)O1. The summed E-state index contributed by atoms with van der Waals surface area (Å²) < 4.78 is 8.76. The van der Waals surface area contributed by atoms with Gasteiger partial charge >= 0.3 is 131 Å². The molecule has 3 heterocycles. The number of hydrogen-bond acceptors (Lipinski definition) is 38. The smallest absolute Gasteiger partial charge is 0.327 e. The van der Waals surface area contributed by atoms with E-state index < -0.39 is 209 Å². The maximum atomic E-state index is 11.1. The van der Waals surface area contributed by atoms with E-state index in [1.54, 1.807) is 29.4 Å². The number of carboxylic acids is 18. The van der Waals surface area contributed by atoms with Crippen LogP contribution < -0.4 is 21.3 Å². The summed E-state index contributed by atoms with van der Waals surface area (Å²) in [6.45, 7) is -1.40. The lowest BCUT2D eigenvalue weighted by molar-refractivity contribution is -0.170. The maximum Gasteiger partial charge on any atom is 0.327 e. The molecule has 0 radical (unpaired) electrons. The predicted molar refractivity (Wildman–Crippen MR) is 383 cm³/mol. The fraction of sp³-hybridized carbons (Fsp3) is 0.645. The highest BCUT2D eigenvalue weighted by Crippen LogP contribution is 2.06. The lowest BCUT2D eigenvalue weighted by Crippen LogP contribution is -2.49. The molecule has 3 saturated heterocycles. The van der Waals surface area contributed by atoms with Crippen molar-refractivity contribution in [2.24, 2.45) is 0 Å². The first-order valence-corrected chi connectivity index (χ1v) is 34.5. The van der Waals surface area contributed by atoms with Gasteiger partial charge in [0, 0.05) is 118 Å². The van der Waals surface area contributed by atoms with Gasteiger partial charge in [-0.1, -0.05) is 0 Å². The molecule has 0 aliphatic carbocycles. The molecule has 0 aromatic carbocycles. The average molecular weight is 1710 g/mol. The van der Waals surface area contributed by atoms with Crippen molar-refractivity contribution in [1.29, 1.82) is 0 Å². The Hall–Kier alpha value is -11.8. The zero-order valence-corrected chi connectivity index (χ0v) is 63.3. The van der Waals surface area contributed by atoms with Crippen LogP contribution >= 0.6 is 0 Å². The normalized spacial score (nSPS) is 15.0. The van der Waals surface area contributed by atoms with Crippen LogP contribution in [0.1, 0.15) is 12.8 Å². The van der Waals surface area contributed by atoms with Crippen LogP contribution in [0.25, 0.3) is 0 Å². The predicted octanol–water partition coefficient (Wildman–Crippen LogP) is -12.5. The molecule has 2 atom stereocenters. The van der Waals surface area contributed by atoms with Gasteiger partial charge in [0.1, 0.15) is 12.1 Å². The Bertz CT molecular complexity index is 3010. The molecule has 0 amide bonds. The molecule has 0 saturated carbocycles. The largest absolute Gasteiger partial charge is 0.481 e. The number of nitrogens with zero attached hydrogens (tertiary/aromatic N) is 10. The van der Waals surface area contributed by atoms with Crippen LogP contribution in [-0.2, 0) is 115 Å². The highest BCUT2D eigenvalue weighted by atomic mass is 16.6. The Kier molecular flexibility index (Phi) is 59.3. The quantitative estimate of drug-likeness (QED) is 0.0153. The third kappa shape index (κ3) is 68.6. The van der Waals surface area contributed by atoms with Crippen molar-refractivity contribution >= 4 is 131 Å². The van der Waals surface area contributed by atoms with Crippen LogP contribution in [0, 0.1) is 0 Å². The van der Waals surface area contributed by atoms with E-state index in [1.807, 2.05) is 0 Å². The number of nitrogens with one attached hydrogen (secondary N) is 4. The molecule has 0 aromatic rings. The molecule has 3 aliphatic rings. The molecule has 118 heavy (non-hydrogen) atoms. The highest BCUT2D eigenvalue weighted by molar-refractivity contribution is 5.91. The van der Waals surface area contributed by atoms with Gasteiger partial charge in [-0.05, 0) is 0 Å². The van der Waals surface area contributed by atoms with Gasteiger partial charge in [-0.25, -0.2) is 0 Å². The summed E-state index contributed by atoms with van der Waals surface area (Å²) in [6, 6.07) is -2.59.